The van der Waals surface area contributed by atoms with Crippen molar-refractivity contribution in [3.63, 3.8) is 0 Å². The van der Waals surface area contributed by atoms with Gasteiger partial charge in [0.05, 0.1) is 9.51 Å². The molecule has 2 aliphatic rings. The summed E-state index contributed by atoms with van der Waals surface area (Å²) >= 11 is 8.92. The molecule has 3 rings (SSSR count). The first-order valence-electron chi connectivity index (χ1n) is 6.24. The molecule has 1 aromatic carbocycles. The Labute approximate surface area is 127 Å². The third-order valence-corrected chi connectivity index (χ3v) is 5.21. The summed E-state index contributed by atoms with van der Waals surface area (Å²) in [6, 6.07) is 1.18. The molecular weight excluding hydrogens is 354 g/mol. The summed E-state index contributed by atoms with van der Waals surface area (Å²) in [6.45, 7) is 0. The minimum atomic E-state index is -1.38. The third kappa shape index (κ3) is 1.83. The minimum absolute atomic E-state index is 0.0417. The maximum atomic E-state index is 14.1. The van der Waals surface area contributed by atoms with Gasteiger partial charge in [-0.15, -0.1) is 0 Å². The Morgan fingerprint density at radius 2 is 1.90 bits per heavy atom. The van der Waals surface area contributed by atoms with Gasteiger partial charge in [0.15, 0.2) is 17.3 Å². The first-order valence-corrected chi connectivity index (χ1v) is 7.41. The molecule has 106 valence electrons. The van der Waals surface area contributed by atoms with Crippen LogP contribution in [-0.2, 0) is 4.79 Å². The molecular formula is C14H10BrClF2O2. The van der Waals surface area contributed by atoms with Gasteiger partial charge in [-0.2, -0.15) is 4.39 Å². The number of benzene rings is 1. The van der Waals surface area contributed by atoms with Crippen LogP contribution in [0.25, 0.3) is 5.57 Å². The first kappa shape index (κ1) is 14.0. The topological polar surface area (TPSA) is 37.3 Å². The molecule has 0 aromatic heterocycles. The zero-order valence-electron chi connectivity index (χ0n) is 10.2. The molecule has 0 aliphatic heterocycles. The highest BCUT2D eigenvalue weighted by molar-refractivity contribution is 9.12. The van der Waals surface area contributed by atoms with E-state index in [0.29, 0.717) is 10.1 Å². The summed E-state index contributed by atoms with van der Waals surface area (Å²) in [5, 5.41) is 9.05. The van der Waals surface area contributed by atoms with Crippen molar-refractivity contribution in [1.29, 1.82) is 0 Å². The average molecular weight is 364 g/mol. The van der Waals surface area contributed by atoms with Crippen molar-refractivity contribution in [2.75, 3.05) is 0 Å². The average Bonchev–Trinajstić information content (AvgIpc) is 2.97. The number of carbonyl (C=O) groups is 1. The molecule has 2 aliphatic carbocycles. The molecule has 0 spiro atoms. The quantitative estimate of drug-likeness (QED) is 0.750. The third-order valence-electron chi connectivity index (χ3n) is 4.10. The molecule has 1 aromatic rings. The molecule has 0 amide bonds. The van der Waals surface area contributed by atoms with E-state index in [1.165, 1.54) is 6.07 Å². The van der Waals surface area contributed by atoms with E-state index < -0.39 is 17.4 Å². The van der Waals surface area contributed by atoms with Gasteiger partial charge in [0, 0.05) is 11.5 Å². The van der Waals surface area contributed by atoms with Crippen LogP contribution in [0, 0.1) is 23.5 Å². The molecule has 0 heterocycles. The highest BCUT2D eigenvalue weighted by Gasteiger charge is 2.45. The Hall–Kier alpha value is -0.940. The number of phenolic OH excluding ortho intramolecular Hbond substituents is 1. The van der Waals surface area contributed by atoms with Crippen LogP contribution < -0.4 is 0 Å². The molecule has 20 heavy (non-hydrogen) atoms. The lowest BCUT2D eigenvalue weighted by Gasteiger charge is -2.15. The maximum absolute atomic E-state index is 14.1. The van der Waals surface area contributed by atoms with Gasteiger partial charge >= 0.3 is 0 Å². The summed E-state index contributed by atoms with van der Waals surface area (Å²) in [4.78, 5) is 12.1. The van der Waals surface area contributed by atoms with Crippen LogP contribution in [0.5, 0.6) is 5.75 Å². The van der Waals surface area contributed by atoms with E-state index >= 15 is 0 Å². The molecule has 0 radical (unpaired) electrons. The normalized spacial score (nSPS) is 25.5. The number of carbonyl (C=O) groups excluding carboxylic acids is 1. The van der Waals surface area contributed by atoms with E-state index in [2.05, 4.69) is 15.9 Å². The number of rotatable bonds is 1. The lowest BCUT2D eigenvalue weighted by Crippen LogP contribution is -2.11. The second kappa shape index (κ2) is 4.81. The lowest BCUT2D eigenvalue weighted by atomic mass is 9.90. The summed E-state index contributed by atoms with van der Waals surface area (Å²) in [7, 11) is 0. The maximum Gasteiger partial charge on any atom is 0.202 e. The predicted octanol–water partition coefficient (Wildman–Crippen LogP) is 4.43. The van der Waals surface area contributed by atoms with Gasteiger partial charge in [-0.3, -0.25) is 4.79 Å². The molecule has 6 heteroatoms. The molecule has 1 N–H and O–H groups in total. The number of aromatic hydroxyl groups is 1. The Kier molecular flexibility index (Phi) is 3.37. The van der Waals surface area contributed by atoms with E-state index in [4.69, 9.17) is 11.6 Å². The van der Waals surface area contributed by atoms with Crippen molar-refractivity contribution in [2.24, 2.45) is 11.8 Å². The van der Waals surface area contributed by atoms with E-state index in [0.717, 1.165) is 19.3 Å². The standard InChI is InChI=1S/C14H10BrClF2O2/c15-10-9(5-2-1-3-6(5)13(10)19)7-4-8(16)14(20)12(18)11(7)17/h4-6,20H,1-3H2. The van der Waals surface area contributed by atoms with E-state index in [9.17, 15) is 18.7 Å². The molecule has 2 unspecified atom stereocenters. The van der Waals surface area contributed by atoms with Crippen molar-refractivity contribution in [1.82, 2.24) is 0 Å². The number of phenols is 1. The van der Waals surface area contributed by atoms with Gasteiger partial charge in [0.2, 0.25) is 5.82 Å². The molecule has 1 fully saturated rings. The van der Waals surface area contributed by atoms with Gasteiger partial charge in [0.25, 0.3) is 0 Å². The number of Topliss-reactive ketones (excluding diaryl/α,β-unsaturated/α-hetero) is 1. The number of ketones is 1. The van der Waals surface area contributed by atoms with Crippen LogP contribution >= 0.6 is 27.5 Å². The van der Waals surface area contributed by atoms with Crippen molar-refractivity contribution in [3.05, 3.63) is 32.8 Å². The summed E-state index contributed by atoms with van der Waals surface area (Å²) < 4.78 is 28.0. The smallest absolute Gasteiger partial charge is 0.202 e. The van der Waals surface area contributed by atoms with Gasteiger partial charge in [-0.1, -0.05) is 18.0 Å². The fraction of sp³-hybridized carbons (Fsp3) is 0.357. The SMILES string of the molecule is O=C1C(Br)=C(c2cc(Cl)c(O)c(F)c2F)C2CCCC12. The lowest BCUT2D eigenvalue weighted by molar-refractivity contribution is -0.118. The predicted molar refractivity (Wildman–Crippen MR) is 74.7 cm³/mol. The van der Waals surface area contributed by atoms with E-state index in [1.807, 2.05) is 0 Å². The van der Waals surface area contributed by atoms with Crippen LogP contribution in [-0.4, -0.2) is 10.9 Å². The zero-order chi connectivity index (χ0) is 14.6. The highest BCUT2D eigenvalue weighted by atomic mass is 79.9. The Morgan fingerprint density at radius 1 is 1.25 bits per heavy atom. The highest BCUT2D eigenvalue weighted by Crippen LogP contribution is 2.52. The molecule has 2 atom stereocenters. The Balaban J connectivity index is 2.21. The van der Waals surface area contributed by atoms with Crippen LogP contribution in [0.1, 0.15) is 24.8 Å². The molecule has 0 bridgehead atoms. The second-order valence-electron chi connectivity index (χ2n) is 5.12. The van der Waals surface area contributed by atoms with Crippen LogP contribution in [0.3, 0.4) is 0 Å². The van der Waals surface area contributed by atoms with Crippen molar-refractivity contribution < 1.29 is 18.7 Å². The number of halogens is 4. The molecule has 1 saturated carbocycles. The summed E-state index contributed by atoms with van der Waals surface area (Å²) in [5.41, 5.74) is 0.427. The minimum Gasteiger partial charge on any atom is -0.504 e. The molecule has 2 nitrogen and oxygen atoms in total. The fourth-order valence-corrected chi connectivity index (χ4v) is 4.17. The number of hydrogen-bond acceptors (Lipinski definition) is 2. The van der Waals surface area contributed by atoms with E-state index in [-0.39, 0.29) is 28.2 Å². The van der Waals surface area contributed by atoms with Gasteiger partial charge in [-0.25, -0.2) is 4.39 Å². The van der Waals surface area contributed by atoms with Crippen molar-refractivity contribution in [3.8, 4) is 5.75 Å². The Morgan fingerprint density at radius 3 is 2.60 bits per heavy atom. The monoisotopic (exact) mass is 362 g/mol. The summed E-state index contributed by atoms with van der Waals surface area (Å²) in [6.07, 6.45) is 2.42. The number of allylic oxidation sites excluding steroid dienone is 2. The molecule has 0 saturated heterocycles. The first-order chi connectivity index (χ1) is 9.43. The van der Waals surface area contributed by atoms with Crippen LogP contribution in [0.15, 0.2) is 10.5 Å². The largest absolute Gasteiger partial charge is 0.504 e. The van der Waals surface area contributed by atoms with Gasteiger partial charge < -0.3 is 5.11 Å². The zero-order valence-corrected chi connectivity index (χ0v) is 12.6. The summed E-state index contributed by atoms with van der Waals surface area (Å²) in [5.74, 6) is -3.78. The van der Waals surface area contributed by atoms with Crippen LogP contribution in [0.4, 0.5) is 8.78 Å². The Bertz CT molecular complexity index is 657. The van der Waals surface area contributed by atoms with Gasteiger partial charge in [0.1, 0.15) is 0 Å². The fourth-order valence-electron chi connectivity index (χ4n) is 3.18. The number of hydrogen-bond donors (Lipinski definition) is 1. The van der Waals surface area contributed by atoms with E-state index in [1.54, 1.807) is 0 Å². The van der Waals surface area contributed by atoms with Crippen molar-refractivity contribution in [2.45, 2.75) is 19.3 Å². The second-order valence-corrected chi connectivity index (χ2v) is 6.32. The number of fused-ring (bicyclic) bond motifs is 1. The van der Waals surface area contributed by atoms with Gasteiger partial charge in [-0.05, 0) is 46.3 Å². The van der Waals surface area contributed by atoms with Crippen LogP contribution in [0.2, 0.25) is 5.02 Å². The van der Waals surface area contributed by atoms with Crippen molar-refractivity contribution >= 4 is 38.9 Å².